The normalized spacial score (nSPS) is 13.8. The van der Waals surface area contributed by atoms with Gasteiger partial charge in [-0.05, 0) is 0 Å². The standard InChI is InChI=1S/4C2H6N.Sb/c4*1-3-2;/h4*1-2H3;/q4*-1;+4. The molecular weight excluding hydrogens is 274 g/mol. The molecule has 13 heavy (non-hydrogen) atoms. The monoisotopic (exact) mass is 297 g/mol. The molecule has 4 nitrogen and oxygen atoms in total. The quantitative estimate of drug-likeness (QED) is 0.659. The molecule has 0 saturated carbocycles. The molecule has 0 heterocycles. The van der Waals surface area contributed by atoms with Gasteiger partial charge in [0.1, 0.15) is 0 Å². The number of nitrogens with zero attached hydrogens (tertiary/aromatic N) is 4. The summed E-state index contributed by atoms with van der Waals surface area (Å²) in [7, 11) is 17.4. The van der Waals surface area contributed by atoms with Gasteiger partial charge in [0.25, 0.3) is 0 Å². The number of hydrogen-bond donors (Lipinski definition) is 0. The summed E-state index contributed by atoms with van der Waals surface area (Å²) in [6, 6.07) is 0. The van der Waals surface area contributed by atoms with E-state index < -0.39 is 19.9 Å². The summed E-state index contributed by atoms with van der Waals surface area (Å²) in [5, 5.41) is 0. The molecule has 0 rings (SSSR count). The Kier molecular flexibility index (Phi) is 5.19. The van der Waals surface area contributed by atoms with Crippen LogP contribution in [0.3, 0.4) is 0 Å². The van der Waals surface area contributed by atoms with Gasteiger partial charge in [0.2, 0.25) is 0 Å². The average molecular weight is 298 g/mol. The van der Waals surface area contributed by atoms with Crippen LogP contribution in [0.2, 0.25) is 0 Å². The Morgan fingerprint density at radius 2 is 0.615 bits per heavy atom. The van der Waals surface area contributed by atoms with Gasteiger partial charge in [-0.3, -0.25) is 0 Å². The molecule has 0 unspecified atom stereocenters. The molecular formula is C8H24N4Sb. The first kappa shape index (κ1) is 13.7. The van der Waals surface area contributed by atoms with Gasteiger partial charge in [-0.2, -0.15) is 0 Å². The minimum absolute atomic E-state index is 2.17. The molecule has 0 bridgehead atoms. The number of rotatable bonds is 4. The third-order valence-electron chi connectivity index (χ3n) is 2.15. The second kappa shape index (κ2) is 4.94. The predicted molar refractivity (Wildman–Crippen MR) is 60.5 cm³/mol. The predicted octanol–water partition coefficient (Wildman–Crippen LogP) is -0.332. The Morgan fingerprint density at radius 1 is 0.462 bits per heavy atom. The number of hydrogen-bond acceptors (Lipinski definition) is 4. The summed E-state index contributed by atoms with van der Waals surface area (Å²) in [5.41, 5.74) is 0. The van der Waals surface area contributed by atoms with Crippen molar-refractivity contribution >= 4 is 19.9 Å². The van der Waals surface area contributed by atoms with Crippen LogP contribution in [0.4, 0.5) is 0 Å². The van der Waals surface area contributed by atoms with Gasteiger partial charge in [-0.25, -0.2) is 0 Å². The van der Waals surface area contributed by atoms with Crippen molar-refractivity contribution in [1.82, 2.24) is 12.2 Å². The van der Waals surface area contributed by atoms with Crippen molar-refractivity contribution in [3.63, 3.8) is 0 Å². The summed E-state index contributed by atoms with van der Waals surface area (Å²) in [6.45, 7) is 0. The Labute approximate surface area is 88.5 Å². The van der Waals surface area contributed by atoms with E-state index in [-0.39, 0.29) is 0 Å². The first-order valence-electron chi connectivity index (χ1n) is 4.38. The van der Waals surface area contributed by atoms with Crippen molar-refractivity contribution in [2.75, 3.05) is 56.4 Å². The molecule has 0 aromatic heterocycles. The molecule has 5 heteroatoms. The van der Waals surface area contributed by atoms with E-state index in [1.54, 1.807) is 0 Å². The summed E-state index contributed by atoms with van der Waals surface area (Å²) in [4.78, 5) is 0. The molecule has 0 aliphatic heterocycles. The van der Waals surface area contributed by atoms with Crippen LogP contribution in [0.25, 0.3) is 0 Å². The van der Waals surface area contributed by atoms with Crippen molar-refractivity contribution in [3.8, 4) is 0 Å². The van der Waals surface area contributed by atoms with Crippen molar-refractivity contribution in [2.45, 2.75) is 0 Å². The van der Waals surface area contributed by atoms with Crippen LogP contribution in [0.5, 0.6) is 0 Å². The summed E-state index contributed by atoms with van der Waals surface area (Å²) in [6.07, 6.45) is 0. The Hall–Kier alpha value is 0.658. The van der Waals surface area contributed by atoms with Crippen LogP contribution in [-0.4, -0.2) is 88.5 Å². The Bertz CT molecular complexity index is 119. The third kappa shape index (κ3) is 2.36. The van der Waals surface area contributed by atoms with E-state index in [0.717, 1.165) is 0 Å². The van der Waals surface area contributed by atoms with Crippen molar-refractivity contribution in [3.05, 3.63) is 0 Å². The molecule has 0 aromatic rings. The van der Waals surface area contributed by atoms with Crippen molar-refractivity contribution in [1.29, 1.82) is 0 Å². The van der Waals surface area contributed by atoms with Crippen LogP contribution in [-0.2, 0) is 0 Å². The van der Waals surface area contributed by atoms with Crippen LogP contribution in [0.1, 0.15) is 0 Å². The summed E-state index contributed by atoms with van der Waals surface area (Å²) >= 11 is -2.48. The van der Waals surface area contributed by atoms with Gasteiger partial charge >= 0.3 is 88.5 Å². The fraction of sp³-hybridized carbons (Fsp3) is 1.00. The zero-order chi connectivity index (χ0) is 10.8. The van der Waals surface area contributed by atoms with E-state index in [1.807, 2.05) is 0 Å². The molecule has 0 fully saturated rings. The first-order chi connectivity index (χ1) is 5.77. The maximum atomic E-state index is 2.39. The Morgan fingerprint density at radius 3 is 0.615 bits per heavy atom. The molecule has 81 valence electrons. The second-order valence-electron chi connectivity index (χ2n) is 3.93. The molecule has 0 aliphatic rings. The van der Waals surface area contributed by atoms with Gasteiger partial charge in [-0.1, -0.05) is 0 Å². The van der Waals surface area contributed by atoms with Gasteiger partial charge in [0.15, 0.2) is 0 Å². The van der Waals surface area contributed by atoms with E-state index in [9.17, 15) is 0 Å². The van der Waals surface area contributed by atoms with Crippen molar-refractivity contribution in [2.24, 2.45) is 0 Å². The van der Waals surface area contributed by atoms with E-state index in [1.165, 1.54) is 0 Å². The van der Waals surface area contributed by atoms with E-state index in [2.05, 4.69) is 68.6 Å². The maximum absolute atomic E-state index is 2.48. The molecule has 0 aliphatic carbocycles. The summed E-state index contributed by atoms with van der Waals surface area (Å²) in [5.74, 6) is 0. The first-order valence-corrected chi connectivity index (χ1v) is 8.94. The second-order valence-corrected chi connectivity index (χ2v) is 16.1. The molecule has 0 atom stereocenters. The third-order valence-corrected chi connectivity index (χ3v) is 14.4. The SMILES string of the molecule is C[N](C)[Sb]([N](C)C)([N](C)C)[N](C)C. The van der Waals surface area contributed by atoms with E-state index in [0.29, 0.717) is 0 Å². The van der Waals surface area contributed by atoms with E-state index >= 15 is 0 Å². The van der Waals surface area contributed by atoms with Gasteiger partial charge in [-0.15, -0.1) is 0 Å². The topological polar surface area (TPSA) is 13.0 Å². The van der Waals surface area contributed by atoms with Crippen molar-refractivity contribution < 1.29 is 0 Å². The zero-order valence-electron chi connectivity index (χ0n) is 10.2. The van der Waals surface area contributed by atoms with E-state index in [4.69, 9.17) is 0 Å². The fourth-order valence-electron chi connectivity index (χ4n) is 2.15. The van der Waals surface area contributed by atoms with Crippen LogP contribution < -0.4 is 0 Å². The van der Waals surface area contributed by atoms with Crippen LogP contribution in [0, 0.1) is 0 Å². The Balaban J connectivity index is 5.06. The fourth-order valence-corrected chi connectivity index (χ4v) is 14.4. The average Bonchev–Trinajstić information content (AvgIpc) is 1.82. The van der Waals surface area contributed by atoms with Gasteiger partial charge in [0.05, 0.1) is 0 Å². The molecule has 0 amide bonds. The molecule has 0 spiro atoms. The molecule has 0 aromatic carbocycles. The van der Waals surface area contributed by atoms with Gasteiger partial charge < -0.3 is 0 Å². The molecule has 0 N–H and O–H groups in total. The van der Waals surface area contributed by atoms with Crippen LogP contribution >= 0.6 is 0 Å². The van der Waals surface area contributed by atoms with Crippen LogP contribution in [0.15, 0.2) is 0 Å². The minimum atomic E-state index is -2.48. The zero-order valence-corrected chi connectivity index (χ0v) is 12.8. The summed E-state index contributed by atoms with van der Waals surface area (Å²) < 4.78 is 9.55. The molecule has 1 radical (unpaired) electrons. The van der Waals surface area contributed by atoms with Gasteiger partial charge in [0, 0.05) is 0 Å². The molecule has 0 saturated heterocycles.